The van der Waals surface area contributed by atoms with Crippen LogP contribution in [-0.2, 0) is 9.53 Å². The molecule has 0 saturated carbocycles. The topological polar surface area (TPSA) is 75.9 Å². The summed E-state index contributed by atoms with van der Waals surface area (Å²) in [4.78, 5) is 27.5. The lowest BCUT2D eigenvalue weighted by molar-refractivity contribution is -0.124. The van der Waals surface area contributed by atoms with Crippen LogP contribution in [0.4, 0.5) is 9.18 Å². The first-order valence-corrected chi connectivity index (χ1v) is 7.94. The zero-order valence-corrected chi connectivity index (χ0v) is 14.3. The van der Waals surface area contributed by atoms with Gasteiger partial charge in [-0.25, -0.2) is 9.18 Å². The number of primary amides is 1. The molecule has 1 aliphatic heterocycles. The Hall–Kier alpha value is -2.15. The molecule has 2 amide bonds. The number of carbonyl (C=O) groups is 2. The molecule has 0 radical (unpaired) electrons. The fourth-order valence-corrected chi connectivity index (χ4v) is 2.69. The number of hydrogen-bond acceptors (Lipinski definition) is 4. The van der Waals surface area contributed by atoms with Crippen LogP contribution in [0.3, 0.4) is 0 Å². The van der Waals surface area contributed by atoms with Gasteiger partial charge in [-0.2, -0.15) is 0 Å². The Morgan fingerprint density at radius 2 is 1.67 bits per heavy atom. The minimum atomic E-state index is -0.633. The Morgan fingerprint density at radius 1 is 1.12 bits per heavy atom. The number of hydrogen-bond donors (Lipinski definition) is 1. The van der Waals surface area contributed by atoms with Crippen molar-refractivity contribution in [3.63, 3.8) is 0 Å². The van der Waals surface area contributed by atoms with Crippen molar-refractivity contribution < 1.29 is 18.7 Å². The van der Waals surface area contributed by atoms with Crippen molar-refractivity contribution in [2.75, 3.05) is 26.2 Å². The smallest absolute Gasteiger partial charge is 0.410 e. The van der Waals surface area contributed by atoms with Crippen molar-refractivity contribution in [3.05, 3.63) is 35.6 Å². The molecule has 2 rings (SSSR count). The highest BCUT2D eigenvalue weighted by atomic mass is 19.1. The van der Waals surface area contributed by atoms with Crippen LogP contribution in [0, 0.1) is 5.82 Å². The molecular weight excluding hydrogens is 313 g/mol. The van der Waals surface area contributed by atoms with Crippen LogP contribution in [0.5, 0.6) is 0 Å². The summed E-state index contributed by atoms with van der Waals surface area (Å²) in [6.07, 6.45) is -0.362. The molecule has 0 bridgehead atoms. The third-order valence-corrected chi connectivity index (χ3v) is 3.79. The quantitative estimate of drug-likeness (QED) is 0.914. The lowest BCUT2D eigenvalue weighted by Crippen LogP contribution is -2.52. The zero-order valence-electron chi connectivity index (χ0n) is 14.3. The lowest BCUT2D eigenvalue weighted by Gasteiger charge is -2.38. The molecule has 132 valence electrons. The normalized spacial score (nSPS) is 17.4. The molecule has 1 aromatic rings. The first-order chi connectivity index (χ1) is 11.2. The van der Waals surface area contributed by atoms with E-state index < -0.39 is 17.6 Å². The average Bonchev–Trinajstić information content (AvgIpc) is 2.48. The minimum absolute atomic E-state index is 0.362. The van der Waals surface area contributed by atoms with Crippen LogP contribution in [0.25, 0.3) is 0 Å². The first kappa shape index (κ1) is 18.2. The zero-order chi connectivity index (χ0) is 17.9. The summed E-state index contributed by atoms with van der Waals surface area (Å²) in [5.74, 6) is -0.857. The standard InChI is InChI=1S/C17H24FN3O3/c1-17(2,3)24-16(23)21-10-8-20(9-11-21)14(15(19)22)12-4-6-13(18)7-5-12/h4-7,14H,8-11H2,1-3H3,(H2,19,22). The van der Waals surface area contributed by atoms with E-state index in [1.54, 1.807) is 17.0 Å². The third-order valence-electron chi connectivity index (χ3n) is 3.79. The van der Waals surface area contributed by atoms with Crippen molar-refractivity contribution in [1.82, 2.24) is 9.80 Å². The summed E-state index contributed by atoms with van der Waals surface area (Å²) in [7, 11) is 0. The molecule has 2 N–H and O–H groups in total. The van der Waals surface area contributed by atoms with Gasteiger partial charge >= 0.3 is 6.09 Å². The highest BCUT2D eigenvalue weighted by molar-refractivity contribution is 5.81. The fraction of sp³-hybridized carbons (Fsp3) is 0.529. The monoisotopic (exact) mass is 337 g/mol. The van der Waals surface area contributed by atoms with E-state index in [2.05, 4.69) is 0 Å². The van der Waals surface area contributed by atoms with Gasteiger partial charge in [-0.1, -0.05) is 12.1 Å². The van der Waals surface area contributed by atoms with Gasteiger partial charge in [0.05, 0.1) is 0 Å². The second-order valence-electron chi connectivity index (χ2n) is 6.86. The molecule has 1 unspecified atom stereocenters. The number of halogens is 1. The van der Waals surface area contributed by atoms with E-state index in [9.17, 15) is 14.0 Å². The summed E-state index contributed by atoms with van der Waals surface area (Å²) in [6, 6.07) is 5.10. The van der Waals surface area contributed by atoms with E-state index in [1.807, 2.05) is 25.7 Å². The van der Waals surface area contributed by atoms with Gasteiger partial charge in [0.25, 0.3) is 0 Å². The van der Waals surface area contributed by atoms with Crippen LogP contribution >= 0.6 is 0 Å². The van der Waals surface area contributed by atoms with Gasteiger partial charge in [-0.15, -0.1) is 0 Å². The molecule has 1 heterocycles. The van der Waals surface area contributed by atoms with E-state index in [-0.39, 0.29) is 11.9 Å². The van der Waals surface area contributed by atoms with Crippen molar-refractivity contribution in [2.45, 2.75) is 32.4 Å². The molecule has 1 aromatic carbocycles. The van der Waals surface area contributed by atoms with Gasteiger partial charge in [0.15, 0.2) is 0 Å². The van der Waals surface area contributed by atoms with E-state index in [0.717, 1.165) is 0 Å². The fourth-order valence-electron chi connectivity index (χ4n) is 2.69. The van der Waals surface area contributed by atoms with Gasteiger partial charge in [0, 0.05) is 26.2 Å². The number of amides is 2. The molecule has 1 fully saturated rings. The van der Waals surface area contributed by atoms with Gasteiger partial charge < -0.3 is 15.4 Å². The molecule has 1 saturated heterocycles. The molecule has 7 heteroatoms. The van der Waals surface area contributed by atoms with Gasteiger partial charge in [0.2, 0.25) is 5.91 Å². The van der Waals surface area contributed by atoms with E-state index in [4.69, 9.17) is 10.5 Å². The second kappa shape index (κ2) is 7.17. The second-order valence-corrected chi connectivity index (χ2v) is 6.86. The largest absolute Gasteiger partial charge is 0.444 e. The van der Waals surface area contributed by atoms with Crippen LogP contribution in [0.1, 0.15) is 32.4 Å². The SMILES string of the molecule is CC(C)(C)OC(=O)N1CCN(C(C(N)=O)c2ccc(F)cc2)CC1. The van der Waals surface area contributed by atoms with Gasteiger partial charge in [0.1, 0.15) is 17.5 Å². The maximum Gasteiger partial charge on any atom is 0.410 e. The molecule has 0 spiro atoms. The maximum atomic E-state index is 13.1. The summed E-state index contributed by atoms with van der Waals surface area (Å²) in [6.45, 7) is 7.32. The highest BCUT2D eigenvalue weighted by Crippen LogP contribution is 2.23. The predicted octanol–water partition coefficient (Wildman–Crippen LogP) is 1.90. The molecule has 0 aromatic heterocycles. The van der Waals surface area contributed by atoms with Crippen LogP contribution < -0.4 is 5.73 Å². The number of piperazine rings is 1. The van der Waals surface area contributed by atoms with Crippen molar-refractivity contribution in [3.8, 4) is 0 Å². The van der Waals surface area contributed by atoms with E-state index in [1.165, 1.54) is 12.1 Å². The summed E-state index contributed by atoms with van der Waals surface area (Å²) >= 11 is 0. The Labute approximate surface area is 141 Å². The molecule has 24 heavy (non-hydrogen) atoms. The van der Waals surface area contributed by atoms with Crippen LogP contribution in [0.2, 0.25) is 0 Å². The van der Waals surface area contributed by atoms with Gasteiger partial charge in [-0.3, -0.25) is 9.69 Å². The molecular formula is C17H24FN3O3. The number of nitrogens with zero attached hydrogens (tertiary/aromatic N) is 2. The number of benzene rings is 1. The van der Waals surface area contributed by atoms with Crippen LogP contribution in [0.15, 0.2) is 24.3 Å². The Kier molecular flexibility index (Phi) is 5.43. The highest BCUT2D eigenvalue weighted by Gasteiger charge is 2.31. The Morgan fingerprint density at radius 3 is 2.12 bits per heavy atom. The minimum Gasteiger partial charge on any atom is -0.444 e. The predicted molar refractivity (Wildman–Crippen MR) is 87.7 cm³/mol. The number of rotatable bonds is 3. The molecule has 6 nitrogen and oxygen atoms in total. The average molecular weight is 337 g/mol. The summed E-state index contributed by atoms with van der Waals surface area (Å²) < 4.78 is 18.4. The number of nitrogens with two attached hydrogens (primary N) is 1. The van der Waals surface area contributed by atoms with Crippen molar-refractivity contribution >= 4 is 12.0 Å². The number of carbonyl (C=O) groups excluding carboxylic acids is 2. The Balaban J connectivity index is 2.02. The Bertz CT molecular complexity index is 590. The van der Waals surface area contributed by atoms with Crippen LogP contribution in [-0.4, -0.2) is 53.6 Å². The molecule has 1 atom stereocenters. The summed E-state index contributed by atoms with van der Waals surface area (Å²) in [5, 5.41) is 0. The number of ether oxygens (including phenoxy) is 1. The lowest BCUT2D eigenvalue weighted by atomic mass is 10.0. The van der Waals surface area contributed by atoms with Gasteiger partial charge in [-0.05, 0) is 38.5 Å². The van der Waals surface area contributed by atoms with E-state index >= 15 is 0 Å². The first-order valence-electron chi connectivity index (χ1n) is 7.94. The van der Waals surface area contributed by atoms with E-state index in [0.29, 0.717) is 31.7 Å². The third kappa shape index (κ3) is 4.67. The summed E-state index contributed by atoms with van der Waals surface area (Å²) in [5.41, 5.74) is 5.64. The van der Waals surface area contributed by atoms with Crippen molar-refractivity contribution in [2.24, 2.45) is 5.73 Å². The van der Waals surface area contributed by atoms with Crippen molar-refractivity contribution in [1.29, 1.82) is 0 Å². The molecule has 1 aliphatic rings. The molecule has 0 aliphatic carbocycles. The maximum absolute atomic E-state index is 13.1.